The van der Waals surface area contributed by atoms with Crippen LogP contribution in [0.3, 0.4) is 0 Å². The number of rotatable bonds is 3. The highest BCUT2D eigenvalue weighted by Crippen LogP contribution is 2.31. The van der Waals surface area contributed by atoms with Crippen molar-refractivity contribution in [3.63, 3.8) is 0 Å². The first-order chi connectivity index (χ1) is 8.68. The molecule has 1 aromatic carbocycles. The predicted octanol–water partition coefficient (Wildman–Crippen LogP) is 4.09. The number of hydrogen-bond donors (Lipinski definition) is 1. The Hall–Kier alpha value is -1.33. The SMILES string of the molecule is Cc1ccc(C(C)(C)C)cc1C(N)C(C#N)C(C)C. The Morgan fingerprint density at radius 1 is 1.21 bits per heavy atom. The second-order valence-electron chi connectivity index (χ2n) is 6.75. The number of benzene rings is 1. The third-order valence-corrected chi connectivity index (χ3v) is 3.76. The van der Waals surface area contributed by atoms with E-state index in [0.717, 1.165) is 5.56 Å². The van der Waals surface area contributed by atoms with Gasteiger partial charge in [-0.2, -0.15) is 5.26 Å². The third-order valence-electron chi connectivity index (χ3n) is 3.76. The van der Waals surface area contributed by atoms with Crippen molar-refractivity contribution in [2.45, 2.75) is 53.0 Å². The first-order valence-electron chi connectivity index (χ1n) is 6.94. The molecule has 0 bridgehead atoms. The maximum atomic E-state index is 9.32. The molecule has 2 atom stereocenters. The summed E-state index contributed by atoms with van der Waals surface area (Å²) in [7, 11) is 0. The van der Waals surface area contributed by atoms with Crippen molar-refractivity contribution >= 4 is 0 Å². The highest BCUT2D eigenvalue weighted by atomic mass is 14.7. The van der Waals surface area contributed by atoms with E-state index in [4.69, 9.17) is 5.73 Å². The summed E-state index contributed by atoms with van der Waals surface area (Å²) in [5.41, 5.74) is 9.98. The van der Waals surface area contributed by atoms with Gasteiger partial charge in [-0.25, -0.2) is 0 Å². The Morgan fingerprint density at radius 3 is 2.21 bits per heavy atom. The molecule has 2 heteroatoms. The standard InChI is InChI=1S/C17H26N2/c1-11(2)15(10-18)16(19)14-9-13(17(4,5)6)8-7-12(14)3/h7-9,11,15-16H,19H2,1-6H3. The summed E-state index contributed by atoms with van der Waals surface area (Å²) in [6.07, 6.45) is 0. The van der Waals surface area contributed by atoms with Crippen LogP contribution >= 0.6 is 0 Å². The van der Waals surface area contributed by atoms with Crippen LogP contribution in [0.5, 0.6) is 0 Å². The van der Waals surface area contributed by atoms with Crippen molar-refractivity contribution in [3.05, 3.63) is 34.9 Å². The predicted molar refractivity (Wildman–Crippen MR) is 80.7 cm³/mol. The van der Waals surface area contributed by atoms with Gasteiger partial charge in [0.05, 0.1) is 12.0 Å². The molecule has 2 nitrogen and oxygen atoms in total. The van der Waals surface area contributed by atoms with Gasteiger partial charge in [0, 0.05) is 6.04 Å². The van der Waals surface area contributed by atoms with Crippen LogP contribution < -0.4 is 5.73 Å². The lowest BCUT2D eigenvalue weighted by molar-refractivity contribution is 0.402. The Balaban J connectivity index is 3.23. The lowest BCUT2D eigenvalue weighted by Crippen LogP contribution is -2.25. The van der Waals surface area contributed by atoms with E-state index in [2.05, 4.69) is 65.8 Å². The van der Waals surface area contributed by atoms with Gasteiger partial charge < -0.3 is 5.73 Å². The molecule has 2 unspecified atom stereocenters. The molecule has 1 rings (SSSR count). The van der Waals surface area contributed by atoms with Gasteiger partial charge >= 0.3 is 0 Å². The van der Waals surface area contributed by atoms with Gasteiger partial charge in [-0.15, -0.1) is 0 Å². The van der Waals surface area contributed by atoms with E-state index in [0.29, 0.717) is 0 Å². The van der Waals surface area contributed by atoms with Gasteiger partial charge in [0.25, 0.3) is 0 Å². The van der Waals surface area contributed by atoms with Crippen LogP contribution in [0.4, 0.5) is 0 Å². The van der Waals surface area contributed by atoms with Crippen LogP contribution in [0, 0.1) is 30.1 Å². The number of hydrogen-bond acceptors (Lipinski definition) is 2. The third kappa shape index (κ3) is 3.58. The molecule has 0 aromatic heterocycles. The van der Waals surface area contributed by atoms with Crippen molar-refractivity contribution in [2.75, 3.05) is 0 Å². The molecule has 104 valence electrons. The summed E-state index contributed by atoms with van der Waals surface area (Å²) in [5.74, 6) is 0.117. The first-order valence-corrected chi connectivity index (χ1v) is 6.94. The molecular weight excluding hydrogens is 232 g/mol. The minimum Gasteiger partial charge on any atom is -0.323 e. The molecule has 0 saturated heterocycles. The van der Waals surface area contributed by atoms with Gasteiger partial charge in [-0.1, -0.05) is 52.8 Å². The molecule has 0 saturated carbocycles. The van der Waals surface area contributed by atoms with Crippen LogP contribution in [0.15, 0.2) is 18.2 Å². The van der Waals surface area contributed by atoms with Crippen LogP contribution in [0.1, 0.15) is 57.4 Å². The maximum absolute atomic E-state index is 9.32. The van der Waals surface area contributed by atoms with Gasteiger partial charge in [0.15, 0.2) is 0 Å². The Morgan fingerprint density at radius 2 is 1.79 bits per heavy atom. The van der Waals surface area contributed by atoms with E-state index in [9.17, 15) is 5.26 Å². The van der Waals surface area contributed by atoms with E-state index in [1.807, 2.05) is 0 Å². The fraction of sp³-hybridized carbons (Fsp3) is 0.588. The number of nitriles is 1. The van der Waals surface area contributed by atoms with Crippen molar-refractivity contribution in [1.82, 2.24) is 0 Å². The topological polar surface area (TPSA) is 49.8 Å². The Labute approximate surface area is 117 Å². The van der Waals surface area contributed by atoms with Gasteiger partial charge in [-0.05, 0) is 34.9 Å². The fourth-order valence-corrected chi connectivity index (χ4v) is 2.30. The fourth-order valence-electron chi connectivity index (χ4n) is 2.30. The molecule has 0 spiro atoms. The molecule has 0 amide bonds. The first kappa shape index (κ1) is 15.7. The second-order valence-corrected chi connectivity index (χ2v) is 6.75. The highest BCUT2D eigenvalue weighted by molar-refractivity contribution is 5.37. The summed E-state index contributed by atoms with van der Waals surface area (Å²) >= 11 is 0. The smallest absolute Gasteiger partial charge is 0.0679 e. The van der Waals surface area contributed by atoms with Crippen LogP contribution in [-0.2, 0) is 5.41 Å². The van der Waals surface area contributed by atoms with Crippen molar-refractivity contribution in [3.8, 4) is 6.07 Å². The van der Waals surface area contributed by atoms with E-state index in [1.54, 1.807) is 0 Å². The summed E-state index contributed by atoms with van der Waals surface area (Å²) < 4.78 is 0. The molecule has 0 heterocycles. The zero-order valence-electron chi connectivity index (χ0n) is 13.0. The molecule has 2 N–H and O–H groups in total. The molecule has 0 radical (unpaired) electrons. The van der Waals surface area contributed by atoms with Crippen LogP contribution in [0.2, 0.25) is 0 Å². The normalized spacial score (nSPS) is 15.1. The Bertz CT molecular complexity index is 475. The largest absolute Gasteiger partial charge is 0.323 e. The van der Waals surface area contributed by atoms with Crippen molar-refractivity contribution in [2.24, 2.45) is 17.6 Å². The molecule has 0 aliphatic rings. The van der Waals surface area contributed by atoms with Gasteiger partial charge in [0.1, 0.15) is 0 Å². The zero-order valence-corrected chi connectivity index (χ0v) is 13.0. The summed E-state index contributed by atoms with van der Waals surface area (Å²) in [4.78, 5) is 0. The molecule has 0 aliphatic heterocycles. The highest BCUT2D eigenvalue weighted by Gasteiger charge is 2.25. The van der Waals surface area contributed by atoms with Crippen LogP contribution in [-0.4, -0.2) is 0 Å². The van der Waals surface area contributed by atoms with E-state index < -0.39 is 0 Å². The Kier molecular flexibility index (Phi) is 4.76. The molecule has 1 aromatic rings. The zero-order chi connectivity index (χ0) is 14.8. The number of nitrogens with zero attached hydrogens (tertiary/aromatic N) is 1. The monoisotopic (exact) mass is 258 g/mol. The maximum Gasteiger partial charge on any atom is 0.0679 e. The summed E-state index contributed by atoms with van der Waals surface area (Å²) in [5, 5.41) is 9.32. The molecule has 0 fully saturated rings. The summed E-state index contributed by atoms with van der Waals surface area (Å²) in [6.45, 7) is 12.7. The summed E-state index contributed by atoms with van der Waals surface area (Å²) in [6, 6.07) is 8.59. The molecule has 0 aliphatic carbocycles. The van der Waals surface area contributed by atoms with Gasteiger partial charge in [-0.3, -0.25) is 0 Å². The average molecular weight is 258 g/mol. The lowest BCUT2D eigenvalue weighted by atomic mass is 9.80. The minimum absolute atomic E-state index is 0.0993. The van der Waals surface area contributed by atoms with Gasteiger partial charge in [0.2, 0.25) is 0 Å². The van der Waals surface area contributed by atoms with E-state index in [-0.39, 0.29) is 23.3 Å². The van der Waals surface area contributed by atoms with E-state index >= 15 is 0 Å². The second kappa shape index (κ2) is 5.75. The van der Waals surface area contributed by atoms with Crippen molar-refractivity contribution in [1.29, 1.82) is 5.26 Å². The van der Waals surface area contributed by atoms with E-state index in [1.165, 1.54) is 11.1 Å². The molecule has 19 heavy (non-hydrogen) atoms. The number of nitrogens with two attached hydrogens (primary N) is 1. The molecular formula is C17H26N2. The lowest BCUT2D eigenvalue weighted by Gasteiger charge is -2.26. The minimum atomic E-state index is -0.215. The average Bonchev–Trinajstić information content (AvgIpc) is 2.28. The quantitative estimate of drug-likeness (QED) is 0.887. The van der Waals surface area contributed by atoms with Crippen LogP contribution in [0.25, 0.3) is 0 Å². The number of aryl methyl sites for hydroxylation is 1. The van der Waals surface area contributed by atoms with Crippen molar-refractivity contribution < 1.29 is 0 Å².